The van der Waals surface area contributed by atoms with E-state index in [1.165, 1.54) is 36.8 Å². The van der Waals surface area contributed by atoms with Crippen molar-refractivity contribution in [2.75, 3.05) is 0 Å². The SMILES string of the molecule is CC.CC.CC(C)CCCC(C)(C)c1ccc2c(O)c3ccc(C(C)(C)CCCC(C)C(C)(C)C)cc3c(O)c2c1. The normalized spacial score (nSPS) is 13.0. The third-order valence-corrected chi connectivity index (χ3v) is 9.12. The van der Waals surface area contributed by atoms with Crippen molar-refractivity contribution in [3.63, 3.8) is 0 Å². The van der Waals surface area contributed by atoms with Crippen molar-refractivity contribution in [2.24, 2.45) is 17.3 Å². The molecule has 2 nitrogen and oxygen atoms in total. The molecule has 3 rings (SSSR count). The molecule has 2 N–H and O–H groups in total. The van der Waals surface area contributed by atoms with Crippen LogP contribution < -0.4 is 0 Å². The van der Waals surface area contributed by atoms with Crippen LogP contribution in [0.2, 0.25) is 0 Å². The molecule has 0 amide bonds. The summed E-state index contributed by atoms with van der Waals surface area (Å²) in [6.07, 6.45) is 6.99. The zero-order valence-electron chi connectivity index (χ0n) is 29.3. The van der Waals surface area contributed by atoms with Crippen LogP contribution in [0, 0.1) is 17.3 Å². The van der Waals surface area contributed by atoms with Gasteiger partial charge < -0.3 is 10.2 Å². The van der Waals surface area contributed by atoms with Crippen molar-refractivity contribution in [2.45, 2.75) is 146 Å². The Morgan fingerprint density at radius 2 is 0.927 bits per heavy atom. The molecule has 1 unspecified atom stereocenters. The molecule has 2 heteroatoms. The second-order valence-electron chi connectivity index (χ2n) is 14.4. The van der Waals surface area contributed by atoms with Crippen LogP contribution in [0.15, 0.2) is 36.4 Å². The molecule has 41 heavy (non-hydrogen) atoms. The van der Waals surface area contributed by atoms with Crippen LogP contribution in [0.3, 0.4) is 0 Å². The smallest absolute Gasteiger partial charge is 0.131 e. The molecule has 0 heterocycles. The summed E-state index contributed by atoms with van der Waals surface area (Å²) in [7, 11) is 0. The number of rotatable bonds is 10. The minimum absolute atomic E-state index is 0.00806. The van der Waals surface area contributed by atoms with Crippen molar-refractivity contribution < 1.29 is 10.2 Å². The van der Waals surface area contributed by atoms with E-state index in [2.05, 4.69) is 93.5 Å². The lowest BCUT2D eigenvalue weighted by Crippen LogP contribution is -2.20. The molecule has 0 spiro atoms. The van der Waals surface area contributed by atoms with E-state index in [0.717, 1.165) is 34.4 Å². The summed E-state index contributed by atoms with van der Waals surface area (Å²) in [5.41, 5.74) is 2.75. The van der Waals surface area contributed by atoms with Crippen molar-refractivity contribution in [3.05, 3.63) is 47.5 Å². The first-order chi connectivity index (χ1) is 19.0. The molecule has 1 atom stereocenters. The molecule has 0 aromatic heterocycles. The number of hydrogen-bond acceptors (Lipinski definition) is 2. The Bertz CT molecular complexity index is 1220. The van der Waals surface area contributed by atoms with E-state index in [1.807, 2.05) is 39.8 Å². The number of hydrogen-bond donors (Lipinski definition) is 2. The van der Waals surface area contributed by atoms with Crippen molar-refractivity contribution in [1.29, 1.82) is 0 Å². The second-order valence-corrected chi connectivity index (χ2v) is 14.4. The first-order valence-electron chi connectivity index (χ1n) is 16.5. The summed E-state index contributed by atoms with van der Waals surface area (Å²) < 4.78 is 0. The maximum Gasteiger partial charge on any atom is 0.131 e. The minimum Gasteiger partial charge on any atom is -0.507 e. The Labute approximate surface area is 254 Å². The molecule has 0 bridgehead atoms. The van der Waals surface area contributed by atoms with Gasteiger partial charge in [-0.15, -0.1) is 0 Å². The molecule has 0 saturated carbocycles. The zero-order valence-corrected chi connectivity index (χ0v) is 29.3. The molecule has 0 aliphatic rings. The van der Waals surface area contributed by atoms with Crippen molar-refractivity contribution in [3.8, 4) is 11.5 Å². The Morgan fingerprint density at radius 1 is 0.561 bits per heavy atom. The predicted molar refractivity (Wildman–Crippen MR) is 185 cm³/mol. The maximum atomic E-state index is 11.5. The molecule has 232 valence electrons. The average Bonchev–Trinajstić information content (AvgIpc) is 2.92. The van der Waals surface area contributed by atoms with Gasteiger partial charge in [-0.05, 0) is 64.2 Å². The molecule has 0 radical (unpaired) electrons. The van der Waals surface area contributed by atoms with Crippen LogP contribution in [0.5, 0.6) is 11.5 Å². The number of fused-ring (bicyclic) bond motifs is 2. The largest absolute Gasteiger partial charge is 0.507 e. The van der Waals surface area contributed by atoms with Gasteiger partial charge >= 0.3 is 0 Å². The van der Waals surface area contributed by atoms with Crippen LogP contribution in [-0.4, -0.2) is 10.2 Å². The third-order valence-electron chi connectivity index (χ3n) is 9.12. The summed E-state index contributed by atoms with van der Waals surface area (Å²) in [6, 6.07) is 12.4. The molecule has 3 aromatic rings. The number of benzene rings is 3. The third kappa shape index (κ3) is 9.39. The molecular weight excluding hydrogens is 500 g/mol. The Balaban J connectivity index is 0.00000201. The monoisotopic (exact) mass is 564 g/mol. The fourth-order valence-electron chi connectivity index (χ4n) is 5.55. The lowest BCUT2D eigenvalue weighted by molar-refractivity contribution is 0.235. The molecular formula is C39H64O2. The van der Waals surface area contributed by atoms with Crippen molar-refractivity contribution >= 4 is 21.5 Å². The van der Waals surface area contributed by atoms with Gasteiger partial charge in [0, 0.05) is 21.5 Å². The van der Waals surface area contributed by atoms with Crippen LogP contribution in [0.1, 0.15) is 147 Å². The van der Waals surface area contributed by atoms with Gasteiger partial charge in [-0.1, -0.05) is 147 Å². The van der Waals surface area contributed by atoms with E-state index < -0.39 is 0 Å². The molecule has 0 aliphatic carbocycles. The summed E-state index contributed by atoms with van der Waals surface area (Å²) >= 11 is 0. The van der Waals surface area contributed by atoms with E-state index in [1.54, 1.807) is 0 Å². The van der Waals surface area contributed by atoms with Crippen LogP contribution in [0.4, 0.5) is 0 Å². The highest BCUT2D eigenvalue weighted by atomic mass is 16.3. The van der Waals surface area contributed by atoms with Gasteiger partial charge in [0.15, 0.2) is 0 Å². The van der Waals surface area contributed by atoms with Gasteiger partial charge in [0.05, 0.1) is 0 Å². The Hall–Kier alpha value is -2.22. The summed E-state index contributed by atoms with van der Waals surface area (Å²) in [5.74, 6) is 1.92. The highest BCUT2D eigenvalue weighted by Crippen LogP contribution is 2.45. The van der Waals surface area contributed by atoms with E-state index in [4.69, 9.17) is 0 Å². The first kappa shape index (κ1) is 36.8. The second kappa shape index (κ2) is 15.3. The minimum atomic E-state index is -0.0108. The van der Waals surface area contributed by atoms with Gasteiger partial charge in [0.25, 0.3) is 0 Å². The summed E-state index contributed by atoms with van der Waals surface area (Å²) in [5, 5.41) is 25.6. The van der Waals surface area contributed by atoms with Crippen LogP contribution in [-0.2, 0) is 10.8 Å². The molecule has 0 saturated heterocycles. The average molecular weight is 565 g/mol. The van der Waals surface area contributed by atoms with E-state index in [9.17, 15) is 10.2 Å². The van der Waals surface area contributed by atoms with Gasteiger partial charge in [-0.3, -0.25) is 0 Å². The fourth-order valence-corrected chi connectivity index (χ4v) is 5.55. The number of aromatic hydroxyl groups is 2. The van der Waals surface area contributed by atoms with Crippen molar-refractivity contribution in [1.82, 2.24) is 0 Å². The highest BCUT2D eigenvalue weighted by molar-refractivity contribution is 6.10. The van der Waals surface area contributed by atoms with Gasteiger partial charge in [0.1, 0.15) is 11.5 Å². The van der Waals surface area contributed by atoms with Gasteiger partial charge in [-0.25, -0.2) is 0 Å². The van der Waals surface area contributed by atoms with Gasteiger partial charge in [-0.2, -0.15) is 0 Å². The number of phenolic OH excluding ortho intramolecular Hbond substituents is 2. The highest BCUT2D eigenvalue weighted by Gasteiger charge is 2.26. The number of phenols is 2. The van der Waals surface area contributed by atoms with E-state index >= 15 is 0 Å². The standard InChI is InChI=1S/C35H52O2.2C2H6/c1-23(2)13-11-19-34(7,8)25-15-17-27-29(21-25)32(37)30-22-26(16-18-28(30)31(27)36)35(9,10)20-12-14-24(3)33(4,5)6;2*1-2/h15-18,21-24,36-37H,11-14,19-20H2,1-10H3;2*1-2H3. The van der Waals surface area contributed by atoms with Crippen LogP contribution in [0.25, 0.3) is 21.5 Å². The van der Waals surface area contributed by atoms with E-state index in [-0.39, 0.29) is 22.3 Å². The summed E-state index contributed by atoms with van der Waals surface area (Å²) in [4.78, 5) is 0. The first-order valence-corrected chi connectivity index (χ1v) is 16.5. The predicted octanol–water partition coefficient (Wildman–Crippen LogP) is 12.7. The lowest BCUT2D eigenvalue weighted by Gasteiger charge is -2.30. The topological polar surface area (TPSA) is 40.5 Å². The molecule has 0 fully saturated rings. The molecule has 3 aromatic carbocycles. The van der Waals surface area contributed by atoms with E-state index in [0.29, 0.717) is 17.3 Å². The summed E-state index contributed by atoms with van der Waals surface area (Å²) in [6.45, 7) is 31.0. The Morgan fingerprint density at radius 3 is 1.29 bits per heavy atom. The van der Waals surface area contributed by atoms with Gasteiger partial charge in [0.2, 0.25) is 0 Å². The zero-order chi connectivity index (χ0) is 31.8. The fraction of sp³-hybridized carbons (Fsp3) is 0.641. The maximum absolute atomic E-state index is 11.5. The molecule has 0 aliphatic heterocycles. The lowest BCUT2D eigenvalue weighted by atomic mass is 9.75. The quantitative estimate of drug-likeness (QED) is 0.190. The Kier molecular flexibility index (Phi) is 13.7. The van der Waals surface area contributed by atoms with Crippen LogP contribution >= 0.6 is 0 Å².